The molecule has 0 bridgehead atoms. The van der Waals surface area contributed by atoms with Crippen LogP contribution < -0.4 is 0 Å². The Kier molecular flexibility index (Phi) is 12.7. The number of benzene rings is 2. The SMILES string of the molecule is C=C(CCc1ccccc1)Cc1cc(C(C)C)c2c(c1C)C(=O)CC(CC(C(CC)C(=O)CC(C)=O)C(CC)C(C)C)C2. The Morgan fingerprint density at radius 3 is 2.21 bits per heavy atom. The monoisotopic (exact) mass is 584 g/mol. The van der Waals surface area contributed by atoms with Gasteiger partial charge in [-0.3, -0.25) is 14.4 Å². The number of Topliss-reactive ketones (excluding diaryl/α,β-unsaturated/α-hetero) is 3. The van der Waals surface area contributed by atoms with Crippen LogP contribution in [0.15, 0.2) is 48.6 Å². The highest BCUT2D eigenvalue weighted by Gasteiger charge is 2.38. The van der Waals surface area contributed by atoms with Crippen molar-refractivity contribution in [3.05, 3.63) is 81.9 Å². The molecule has 2 aromatic carbocycles. The molecular formula is C40H56O3. The van der Waals surface area contributed by atoms with E-state index in [0.29, 0.717) is 24.2 Å². The maximum Gasteiger partial charge on any atom is 0.163 e. The zero-order valence-electron chi connectivity index (χ0n) is 28.2. The number of carbonyl (C=O) groups is 3. The zero-order chi connectivity index (χ0) is 31.8. The molecule has 0 heterocycles. The number of carbonyl (C=O) groups excluding carboxylic acids is 3. The number of fused-ring (bicyclic) bond motifs is 1. The number of aryl methyl sites for hydroxylation is 1. The summed E-state index contributed by atoms with van der Waals surface area (Å²) in [6.07, 6.45) is 6.75. The van der Waals surface area contributed by atoms with Gasteiger partial charge in [0.05, 0.1) is 6.42 Å². The summed E-state index contributed by atoms with van der Waals surface area (Å²) in [5.41, 5.74) is 8.34. The molecule has 0 N–H and O–H groups in total. The second-order valence-electron chi connectivity index (χ2n) is 13.9. The molecule has 234 valence electrons. The van der Waals surface area contributed by atoms with Crippen LogP contribution in [0.2, 0.25) is 0 Å². The van der Waals surface area contributed by atoms with Gasteiger partial charge < -0.3 is 0 Å². The summed E-state index contributed by atoms with van der Waals surface area (Å²) in [5.74, 6) is 1.66. The normalized spacial score (nSPS) is 17.1. The lowest BCUT2D eigenvalue weighted by atomic mass is 9.65. The average molecular weight is 585 g/mol. The first-order valence-corrected chi connectivity index (χ1v) is 16.8. The average Bonchev–Trinajstić information content (AvgIpc) is 2.93. The highest BCUT2D eigenvalue weighted by atomic mass is 16.1. The van der Waals surface area contributed by atoms with Gasteiger partial charge in [-0.05, 0) is 110 Å². The first-order valence-electron chi connectivity index (χ1n) is 16.8. The van der Waals surface area contributed by atoms with E-state index in [1.807, 2.05) is 6.07 Å². The second-order valence-corrected chi connectivity index (χ2v) is 13.9. The predicted octanol–water partition coefficient (Wildman–Crippen LogP) is 9.86. The zero-order valence-corrected chi connectivity index (χ0v) is 28.2. The lowest BCUT2D eigenvalue weighted by molar-refractivity contribution is -0.130. The summed E-state index contributed by atoms with van der Waals surface area (Å²) in [5, 5.41) is 0. The number of allylic oxidation sites excluding steroid dienone is 1. The van der Waals surface area contributed by atoms with Gasteiger partial charge in [0.1, 0.15) is 11.6 Å². The Morgan fingerprint density at radius 2 is 1.65 bits per heavy atom. The first-order chi connectivity index (χ1) is 20.4. The molecule has 1 aliphatic rings. The van der Waals surface area contributed by atoms with Crippen molar-refractivity contribution >= 4 is 17.3 Å². The second kappa shape index (κ2) is 15.8. The van der Waals surface area contributed by atoms with E-state index in [1.54, 1.807) is 0 Å². The summed E-state index contributed by atoms with van der Waals surface area (Å²) in [6.45, 7) is 21.3. The minimum Gasteiger partial charge on any atom is -0.300 e. The number of rotatable bonds is 16. The molecule has 4 atom stereocenters. The van der Waals surface area contributed by atoms with Gasteiger partial charge in [0.25, 0.3) is 0 Å². The Balaban J connectivity index is 1.91. The molecule has 43 heavy (non-hydrogen) atoms. The third-order valence-corrected chi connectivity index (χ3v) is 10.0. The van der Waals surface area contributed by atoms with Gasteiger partial charge >= 0.3 is 0 Å². The van der Waals surface area contributed by atoms with Crippen LogP contribution in [0.25, 0.3) is 0 Å². The van der Waals surface area contributed by atoms with E-state index in [-0.39, 0.29) is 41.5 Å². The lowest BCUT2D eigenvalue weighted by Gasteiger charge is -2.38. The van der Waals surface area contributed by atoms with E-state index in [0.717, 1.165) is 56.1 Å². The van der Waals surface area contributed by atoms with Crippen LogP contribution >= 0.6 is 0 Å². The largest absolute Gasteiger partial charge is 0.300 e. The van der Waals surface area contributed by atoms with Crippen LogP contribution in [0.3, 0.4) is 0 Å². The van der Waals surface area contributed by atoms with E-state index in [2.05, 4.69) is 85.4 Å². The van der Waals surface area contributed by atoms with Gasteiger partial charge in [-0.2, -0.15) is 0 Å². The number of ketones is 3. The molecule has 1 aliphatic carbocycles. The van der Waals surface area contributed by atoms with Crippen molar-refractivity contribution in [2.75, 3.05) is 0 Å². The smallest absolute Gasteiger partial charge is 0.163 e. The molecule has 0 aromatic heterocycles. The molecule has 0 aliphatic heterocycles. The van der Waals surface area contributed by atoms with Gasteiger partial charge in [0.15, 0.2) is 5.78 Å². The van der Waals surface area contributed by atoms with E-state index >= 15 is 0 Å². The molecular weight excluding hydrogens is 528 g/mol. The van der Waals surface area contributed by atoms with E-state index in [1.165, 1.54) is 34.8 Å². The van der Waals surface area contributed by atoms with E-state index in [9.17, 15) is 14.4 Å². The predicted molar refractivity (Wildman–Crippen MR) is 180 cm³/mol. The highest BCUT2D eigenvalue weighted by Crippen LogP contribution is 2.43. The number of hydrogen-bond donors (Lipinski definition) is 0. The minimum absolute atomic E-state index is 0.0199. The summed E-state index contributed by atoms with van der Waals surface area (Å²) in [7, 11) is 0. The van der Waals surface area contributed by atoms with Crippen LogP contribution in [-0.4, -0.2) is 17.3 Å². The summed E-state index contributed by atoms with van der Waals surface area (Å²) in [4.78, 5) is 39.2. The molecule has 3 heteroatoms. The van der Waals surface area contributed by atoms with Crippen LogP contribution in [0, 0.1) is 36.5 Å². The van der Waals surface area contributed by atoms with Gasteiger partial charge in [-0.15, -0.1) is 0 Å². The molecule has 2 aromatic rings. The first kappa shape index (κ1) is 34.7. The fourth-order valence-corrected chi connectivity index (χ4v) is 7.86. The van der Waals surface area contributed by atoms with Crippen molar-refractivity contribution in [1.29, 1.82) is 0 Å². The molecule has 0 saturated carbocycles. The fraction of sp³-hybridized carbons (Fsp3) is 0.575. The van der Waals surface area contributed by atoms with Gasteiger partial charge in [-0.25, -0.2) is 0 Å². The van der Waals surface area contributed by atoms with Crippen molar-refractivity contribution in [2.24, 2.45) is 29.6 Å². The summed E-state index contributed by atoms with van der Waals surface area (Å²) in [6, 6.07) is 12.9. The van der Waals surface area contributed by atoms with Crippen LogP contribution in [0.4, 0.5) is 0 Å². The standard InChI is InChI=1S/C40H56O3/c1-10-33(25(3)4)36(34(11-2)38(42)20-28(8)41)21-31-22-37-35(26(5)6)24-32(29(9)40(37)39(43)23-31)19-27(7)17-18-30-15-13-12-14-16-30/h12-16,24-26,31,33-34,36H,7,10-11,17-23H2,1-6,8-9H3. The van der Waals surface area contributed by atoms with Crippen molar-refractivity contribution in [3.8, 4) is 0 Å². The molecule has 3 rings (SSSR count). The van der Waals surface area contributed by atoms with Crippen molar-refractivity contribution in [1.82, 2.24) is 0 Å². The van der Waals surface area contributed by atoms with Crippen molar-refractivity contribution in [3.63, 3.8) is 0 Å². The van der Waals surface area contributed by atoms with Crippen LogP contribution in [-0.2, 0) is 28.9 Å². The van der Waals surface area contributed by atoms with Crippen LogP contribution in [0.1, 0.15) is 131 Å². The van der Waals surface area contributed by atoms with Crippen molar-refractivity contribution < 1.29 is 14.4 Å². The molecule has 0 amide bonds. The van der Waals surface area contributed by atoms with Gasteiger partial charge in [0.2, 0.25) is 0 Å². The number of hydrogen-bond acceptors (Lipinski definition) is 3. The molecule has 0 fully saturated rings. The molecule has 3 nitrogen and oxygen atoms in total. The topological polar surface area (TPSA) is 51.2 Å². The Hall–Kier alpha value is -2.81. The van der Waals surface area contributed by atoms with E-state index < -0.39 is 0 Å². The Morgan fingerprint density at radius 1 is 0.977 bits per heavy atom. The molecule has 0 spiro atoms. The fourth-order valence-electron chi connectivity index (χ4n) is 7.86. The van der Waals surface area contributed by atoms with E-state index in [4.69, 9.17) is 0 Å². The third-order valence-electron chi connectivity index (χ3n) is 10.0. The lowest BCUT2D eigenvalue weighted by Crippen LogP contribution is -2.35. The minimum atomic E-state index is -0.136. The summed E-state index contributed by atoms with van der Waals surface area (Å²) >= 11 is 0. The molecule has 0 saturated heterocycles. The maximum atomic E-state index is 14.0. The Labute approximate surface area is 261 Å². The maximum absolute atomic E-state index is 14.0. The van der Waals surface area contributed by atoms with Crippen molar-refractivity contribution in [2.45, 2.75) is 119 Å². The van der Waals surface area contributed by atoms with Crippen LogP contribution in [0.5, 0.6) is 0 Å². The quantitative estimate of drug-likeness (QED) is 0.146. The van der Waals surface area contributed by atoms with Gasteiger partial charge in [-0.1, -0.05) is 96.5 Å². The Bertz CT molecular complexity index is 1280. The molecule has 4 unspecified atom stereocenters. The highest BCUT2D eigenvalue weighted by molar-refractivity contribution is 6.01. The third kappa shape index (κ3) is 8.87. The van der Waals surface area contributed by atoms with Gasteiger partial charge in [0, 0.05) is 17.9 Å². The molecule has 0 radical (unpaired) electrons. The summed E-state index contributed by atoms with van der Waals surface area (Å²) < 4.78 is 0.